The second-order valence-electron chi connectivity index (χ2n) is 7.97. The summed E-state index contributed by atoms with van der Waals surface area (Å²) < 4.78 is 11.0. The second-order valence-corrected chi connectivity index (χ2v) is 7.97. The monoisotopic (exact) mass is 334 g/mol. The molecule has 3 aliphatic rings. The first-order valence-electron chi connectivity index (χ1n) is 9.58. The first-order chi connectivity index (χ1) is 11.5. The van der Waals surface area contributed by atoms with E-state index in [1.54, 1.807) is 0 Å². The molecule has 0 amide bonds. The average Bonchev–Trinajstić information content (AvgIpc) is 3.23. The van der Waals surface area contributed by atoms with Crippen LogP contribution in [-0.2, 0) is 19.1 Å². The quantitative estimate of drug-likeness (QED) is 0.543. The van der Waals surface area contributed by atoms with Gasteiger partial charge in [0.25, 0.3) is 0 Å². The molecule has 4 unspecified atom stereocenters. The number of allylic oxidation sites excluding steroid dienone is 2. The Balaban J connectivity index is 1.47. The van der Waals surface area contributed by atoms with Crippen LogP contribution in [0, 0.1) is 23.7 Å². The second kappa shape index (κ2) is 7.28. The largest absolute Gasteiger partial charge is 0.457 e. The van der Waals surface area contributed by atoms with Crippen LogP contribution in [0.2, 0.25) is 0 Å². The number of hydrogen-bond acceptors (Lipinski definition) is 4. The van der Waals surface area contributed by atoms with Gasteiger partial charge in [-0.25, -0.2) is 4.79 Å². The summed E-state index contributed by atoms with van der Waals surface area (Å²) in [5.41, 5.74) is -0.431. The molecule has 3 rings (SSSR count). The number of hydrogen-bond donors (Lipinski definition) is 0. The first-order valence-corrected chi connectivity index (χ1v) is 9.58. The van der Waals surface area contributed by atoms with Gasteiger partial charge in [-0.3, -0.25) is 4.79 Å². The van der Waals surface area contributed by atoms with E-state index in [9.17, 15) is 9.59 Å². The fourth-order valence-electron chi connectivity index (χ4n) is 4.74. The van der Waals surface area contributed by atoms with E-state index in [4.69, 9.17) is 9.47 Å². The molecule has 4 atom stereocenters. The lowest BCUT2D eigenvalue weighted by Gasteiger charge is -2.38. The lowest BCUT2D eigenvalue weighted by atomic mass is 9.76. The van der Waals surface area contributed by atoms with Crippen molar-refractivity contribution in [2.24, 2.45) is 23.7 Å². The minimum absolute atomic E-state index is 0.0660. The Morgan fingerprint density at radius 2 is 1.88 bits per heavy atom. The lowest BCUT2D eigenvalue weighted by molar-refractivity contribution is -0.176. The lowest BCUT2D eigenvalue weighted by Crippen LogP contribution is -2.41. The third-order valence-corrected chi connectivity index (χ3v) is 6.43. The molecule has 3 aliphatic carbocycles. The highest BCUT2D eigenvalue weighted by Crippen LogP contribution is 2.44. The summed E-state index contributed by atoms with van der Waals surface area (Å²) in [6, 6.07) is 0. The summed E-state index contributed by atoms with van der Waals surface area (Å²) in [4.78, 5) is 24.4. The molecule has 2 saturated carbocycles. The van der Waals surface area contributed by atoms with E-state index in [1.807, 2.05) is 6.92 Å². The van der Waals surface area contributed by atoms with Gasteiger partial charge in [0.15, 0.2) is 6.61 Å². The molecule has 0 aromatic heterocycles. The topological polar surface area (TPSA) is 52.6 Å². The highest BCUT2D eigenvalue weighted by Gasteiger charge is 2.41. The maximum Gasteiger partial charge on any atom is 0.344 e. The van der Waals surface area contributed by atoms with Gasteiger partial charge in [0.2, 0.25) is 0 Å². The molecule has 0 spiro atoms. The van der Waals surface area contributed by atoms with Crippen molar-refractivity contribution in [1.29, 1.82) is 0 Å². The smallest absolute Gasteiger partial charge is 0.344 e. The van der Waals surface area contributed by atoms with Crippen molar-refractivity contribution in [2.45, 2.75) is 70.8 Å². The minimum atomic E-state index is -0.431. The number of carbonyl (C=O) groups is 2. The third kappa shape index (κ3) is 3.68. The summed E-state index contributed by atoms with van der Waals surface area (Å²) in [6.45, 7) is 3.84. The minimum Gasteiger partial charge on any atom is -0.457 e. The summed E-state index contributed by atoms with van der Waals surface area (Å²) in [5.74, 6) is 0.544. The fourth-order valence-corrected chi connectivity index (χ4v) is 4.74. The number of carbonyl (C=O) groups excluding carboxylic acids is 2. The van der Waals surface area contributed by atoms with E-state index in [0.717, 1.165) is 32.1 Å². The first kappa shape index (κ1) is 17.5. The van der Waals surface area contributed by atoms with Gasteiger partial charge in [0, 0.05) is 0 Å². The van der Waals surface area contributed by atoms with Crippen LogP contribution in [0.3, 0.4) is 0 Å². The van der Waals surface area contributed by atoms with Crippen molar-refractivity contribution in [3.05, 3.63) is 12.2 Å². The van der Waals surface area contributed by atoms with E-state index in [-0.39, 0.29) is 18.5 Å². The van der Waals surface area contributed by atoms with E-state index in [0.29, 0.717) is 17.8 Å². The standard InChI is InChI=1S/C20H30O4/c1-3-20(2,16-7-5-4-6-8-16)24-18(21)13-23-19(22)17-12-14-9-10-15(17)11-14/h9-10,14-17H,3-8,11-13H2,1-2H3. The van der Waals surface area contributed by atoms with Crippen LogP contribution in [0.5, 0.6) is 0 Å². The van der Waals surface area contributed by atoms with Gasteiger partial charge in [0.1, 0.15) is 5.60 Å². The van der Waals surface area contributed by atoms with E-state index < -0.39 is 11.6 Å². The zero-order chi connectivity index (χ0) is 17.2. The summed E-state index contributed by atoms with van der Waals surface area (Å²) in [5, 5.41) is 0. The Kier molecular flexibility index (Phi) is 5.31. The van der Waals surface area contributed by atoms with Gasteiger partial charge in [-0.1, -0.05) is 38.3 Å². The van der Waals surface area contributed by atoms with Crippen LogP contribution < -0.4 is 0 Å². The van der Waals surface area contributed by atoms with E-state index >= 15 is 0 Å². The van der Waals surface area contributed by atoms with Crippen molar-refractivity contribution in [1.82, 2.24) is 0 Å². The summed E-state index contributed by atoms with van der Waals surface area (Å²) in [7, 11) is 0. The molecule has 4 heteroatoms. The molecule has 134 valence electrons. The van der Waals surface area contributed by atoms with Crippen LogP contribution in [0.15, 0.2) is 12.2 Å². The molecule has 0 radical (unpaired) electrons. The zero-order valence-corrected chi connectivity index (χ0v) is 15.0. The van der Waals surface area contributed by atoms with Crippen molar-refractivity contribution < 1.29 is 19.1 Å². The van der Waals surface area contributed by atoms with Gasteiger partial charge in [-0.2, -0.15) is 0 Å². The third-order valence-electron chi connectivity index (χ3n) is 6.43. The molecule has 2 fully saturated rings. The number of ether oxygens (including phenoxy) is 2. The van der Waals surface area contributed by atoms with Crippen LogP contribution >= 0.6 is 0 Å². The van der Waals surface area contributed by atoms with Crippen LogP contribution in [0.25, 0.3) is 0 Å². The SMILES string of the molecule is CCC(C)(OC(=O)COC(=O)C1CC2C=CC1C2)C1CCCCC1. The number of fused-ring (bicyclic) bond motifs is 2. The Morgan fingerprint density at radius 3 is 2.46 bits per heavy atom. The fraction of sp³-hybridized carbons (Fsp3) is 0.800. The maximum atomic E-state index is 12.2. The number of rotatable bonds is 6. The number of esters is 2. The maximum absolute atomic E-state index is 12.2. The van der Waals surface area contributed by atoms with Gasteiger partial charge >= 0.3 is 11.9 Å². The van der Waals surface area contributed by atoms with Gasteiger partial charge in [-0.15, -0.1) is 0 Å². The van der Waals surface area contributed by atoms with Gasteiger partial charge in [-0.05, 0) is 56.8 Å². The Labute approximate surface area is 145 Å². The normalized spacial score (nSPS) is 31.7. The van der Waals surface area contributed by atoms with Crippen molar-refractivity contribution in [2.75, 3.05) is 6.61 Å². The van der Waals surface area contributed by atoms with Crippen molar-refractivity contribution in [3.63, 3.8) is 0 Å². The molecule has 4 nitrogen and oxygen atoms in total. The summed E-state index contributed by atoms with van der Waals surface area (Å²) >= 11 is 0. The molecule has 0 aromatic rings. The average molecular weight is 334 g/mol. The molecular formula is C20H30O4. The molecule has 0 N–H and O–H groups in total. The van der Waals surface area contributed by atoms with Crippen LogP contribution in [0.4, 0.5) is 0 Å². The zero-order valence-electron chi connectivity index (χ0n) is 15.0. The van der Waals surface area contributed by atoms with E-state index in [2.05, 4.69) is 19.1 Å². The Morgan fingerprint density at radius 1 is 1.12 bits per heavy atom. The Hall–Kier alpha value is -1.32. The van der Waals surface area contributed by atoms with E-state index in [1.165, 1.54) is 19.3 Å². The Bertz CT molecular complexity index is 506. The molecular weight excluding hydrogens is 304 g/mol. The molecule has 2 bridgehead atoms. The predicted molar refractivity (Wildman–Crippen MR) is 91.2 cm³/mol. The van der Waals surface area contributed by atoms with Crippen LogP contribution in [0.1, 0.15) is 65.2 Å². The highest BCUT2D eigenvalue weighted by atomic mass is 16.6. The van der Waals surface area contributed by atoms with Gasteiger partial charge in [0.05, 0.1) is 5.92 Å². The highest BCUT2D eigenvalue weighted by molar-refractivity contribution is 5.78. The molecule has 24 heavy (non-hydrogen) atoms. The molecule has 0 aromatic carbocycles. The summed E-state index contributed by atoms with van der Waals surface area (Å²) in [6.07, 6.45) is 13.0. The van der Waals surface area contributed by atoms with Crippen molar-refractivity contribution in [3.8, 4) is 0 Å². The van der Waals surface area contributed by atoms with Crippen LogP contribution in [-0.4, -0.2) is 24.1 Å². The van der Waals surface area contributed by atoms with Gasteiger partial charge < -0.3 is 9.47 Å². The molecule has 0 aliphatic heterocycles. The molecule has 0 heterocycles. The van der Waals surface area contributed by atoms with Crippen molar-refractivity contribution >= 4 is 11.9 Å². The molecule has 0 saturated heterocycles. The predicted octanol–water partition coefficient (Wildman–Crippen LogP) is 4.03.